The average Bonchev–Trinajstić information content (AvgIpc) is 2.86. The van der Waals surface area contributed by atoms with Gasteiger partial charge >= 0.3 is 0 Å². The van der Waals surface area contributed by atoms with Crippen LogP contribution in [0.2, 0.25) is 0 Å². The van der Waals surface area contributed by atoms with Crippen molar-refractivity contribution in [3.63, 3.8) is 0 Å². The monoisotopic (exact) mass is 267 g/mol. The Kier molecular flexibility index (Phi) is 2.90. The van der Waals surface area contributed by atoms with E-state index in [-0.39, 0.29) is 0 Å². The summed E-state index contributed by atoms with van der Waals surface area (Å²) in [6.45, 7) is 0. The molecule has 1 fully saturated rings. The largest absolute Gasteiger partial charge is 0.358 e. The van der Waals surface area contributed by atoms with Crippen LogP contribution in [0.5, 0.6) is 0 Å². The zero-order valence-corrected chi connectivity index (χ0v) is 11.9. The molecule has 0 unspecified atom stereocenters. The number of ketones is 1. The van der Waals surface area contributed by atoms with Crippen molar-refractivity contribution in [2.24, 2.45) is 0 Å². The Labute approximate surface area is 119 Å². The summed E-state index contributed by atoms with van der Waals surface area (Å²) < 4.78 is 0. The van der Waals surface area contributed by atoms with Gasteiger partial charge in [-0.1, -0.05) is 6.07 Å². The second-order valence-electron chi connectivity index (χ2n) is 6.41. The lowest BCUT2D eigenvalue weighted by molar-refractivity contribution is -0.120. The minimum absolute atomic E-state index is 0.446. The van der Waals surface area contributed by atoms with E-state index < -0.39 is 0 Å². The number of nitrogens with one attached hydrogen (secondary N) is 1. The van der Waals surface area contributed by atoms with E-state index in [0.717, 1.165) is 25.7 Å². The number of fused-ring (bicyclic) bond motifs is 3. The maximum atomic E-state index is 11.4. The molecule has 4 rings (SSSR count). The van der Waals surface area contributed by atoms with Crippen molar-refractivity contribution in [2.75, 3.05) is 0 Å². The molecule has 2 nitrogen and oxygen atoms in total. The summed E-state index contributed by atoms with van der Waals surface area (Å²) in [4.78, 5) is 15.0. The lowest BCUT2D eigenvalue weighted by atomic mass is 9.83. The van der Waals surface area contributed by atoms with Gasteiger partial charge in [-0.25, -0.2) is 0 Å². The molecule has 20 heavy (non-hydrogen) atoms. The predicted molar refractivity (Wildman–Crippen MR) is 81.2 cm³/mol. The van der Waals surface area contributed by atoms with Gasteiger partial charge in [0.15, 0.2) is 0 Å². The van der Waals surface area contributed by atoms with E-state index in [1.165, 1.54) is 47.8 Å². The van der Waals surface area contributed by atoms with Crippen molar-refractivity contribution in [1.82, 2.24) is 4.98 Å². The highest BCUT2D eigenvalue weighted by molar-refractivity contribution is 5.86. The van der Waals surface area contributed by atoms with Gasteiger partial charge in [-0.15, -0.1) is 0 Å². The number of H-pyrrole nitrogens is 1. The number of Topliss-reactive ketones (excluding diaryl/α,β-unsaturated/α-hetero) is 1. The number of hydrogen-bond donors (Lipinski definition) is 1. The quantitative estimate of drug-likeness (QED) is 0.822. The molecule has 1 aromatic carbocycles. The van der Waals surface area contributed by atoms with E-state index in [1.54, 1.807) is 5.56 Å². The second-order valence-corrected chi connectivity index (χ2v) is 6.41. The standard InChI is InChI=1S/C18H21NO/c20-14-8-5-12(6-9-14)13-7-10-18-16(11-13)15-3-1-2-4-17(15)19-18/h7,10-12,19H,1-6,8-9H2. The van der Waals surface area contributed by atoms with Gasteiger partial charge in [0, 0.05) is 29.4 Å². The number of carbonyl (C=O) groups excluding carboxylic acids is 1. The molecule has 1 saturated carbocycles. The molecule has 0 amide bonds. The third-order valence-corrected chi connectivity index (χ3v) is 5.14. The van der Waals surface area contributed by atoms with Gasteiger partial charge in [-0.2, -0.15) is 0 Å². The van der Waals surface area contributed by atoms with Crippen molar-refractivity contribution in [3.8, 4) is 0 Å². The Bertz CT molecular complexity index is 657. The normalized spacial score (nSPS) is 20.3. The molecule has 0 spiro atoms. The zero-order valence-electron chi connectivity index (χ0n) is 11.9. The van der Waals surface area contributed by atoms with Crippen LogP contribution < -0.4 is 0 Å². The minimum atomic E-state index is 0.446. The van der Waals surface area contributed by atoms with E-state index in [0.29, 0.717) is 11.7 Å². The highest BCUT2D eigenvalue weighted by Gasteiger charge is 2.22. The lowest BCUT2D eigenvalue weighted by Gasteiger charge is -2.21. The maximum Gasteiger partial charge on any atom is 0.132 e. The molecule has 1 heterocycles. The third kappa shape index (κ3) is 1.98. The van der Waals surface area contributed by atoms with Crippen LogP contribution in [0.3, 0.4) is 0 Å². The number of rotatable bonds is 1. The van der Waals surface area contributed by atoms with E-state index in [2.05, 4.69) is 23.2 Å². The predicted octanol–water partition coefficient (Wildman–Crippen LogP) is 4.27. The molecule has 0 atom stereocenters. The van der Waals surface area contributed by atoms with Gasteiger partial charge in [0.25, 0.3) is 0 Å². The number of aromatic nitrogens is 1. The van der Waals surface area contributed by atoms with Crippen molar-refractivity contribution in [3.05, 3.63) is 35.0 Å². The van der Waals surface area contributed by atoms with E-state index >= 15 is 0 Å². The molecule has 0 aliphatic heterocycles. The molecule has 2 aliphatic carbocycles. The molecular weight excluding hydrogens is 246 g/mol. The van der Waals surface area contributed by atoms with E-state index in [4.69, 9.17) is 0 Å². The van der Waals surface area contributed by atoms with Crippen LogP contribution in [0.1, 0.15) is 61.3 Å². The Morgan fingerprint density at radius 2 is 1.80 bits per heavy atom. The summed E-state index contributed by atoms with van der Waals surface area (Å²) in [5, 5.41) is 1.44. The van der Waals surface area contributed by atoms with E-state index in [1.807, 2.05) is 0 Å². The SMILES string of the molecule is O=C1CCC(c2ccc3[nH]c4c(c3c2)CCCC4)CC1. The van der Waals surface area contributed by atoms with Crippen molar-refractivity contribution in [1.29, 1.82) is 0 Å². The third-order valence-electron chi connectivity index (χ3n) is 5.14. The van der Waals surface area contributed by atoms with Crippen LogP contribution in [0, 0.1) is 0 Å². The summed E-state index contributed by atoms with van der Waals surface area (Å²) in [5.74, 6) is 1.03. The van der Waals surface area contributed by atoms with Crippen LogP contribution >= 0.6 is 0 Å². The Morgan fingerprint density at radius 3 is 2.65 bits per heavy atom. The van der Waals surface area contributed by atoms with E-state index in [9.17, 15) is 4.79 Å². The van der Waals surface area contributed by atoms with Crippen LogP contribution in [-0.4, -0.2) is 10.8 Å². The second kappa shape index (κ2) is 4.76. The van der Waals surface area contributed by atoms with Crippen LogP contribution in [0.15, 0.2) is 18.2 Å². The molecular formula is C18H21NO. The molecule has 1 aromatic heterocycles. The molecule has 0 bridgehead atoms. The van der Waals surface area contributed by atoms with Gasteiger partial charge in [0.05, 0.1) is 0 Å². The summed E-state index contributed by atoms with van der Waals surface area (Å²) in [6.07, 6.45) is 8.69. The molecule has 0 saturated heterocycles. The van der Waals surface area contributed by atoms with Crippen LogP contribution in [-0.2, 0) is 17.6 Å². The molecule has 0 radical (unpaired) electrons. The molecule has 2 heteroatoms. The molecule has 104 valence electrons. The fourth-order valence-electron chi connectivity index (χ4n) is 3.95. The zero-order chi connectivity index (χ0) is 13.5. The Morgan fingerprint density at radius 1 is 1.00 bits per heavy atom. The van der Waals surface area contributed by atoms with Crippen molar-refractivity contribution < 1.29 is 4.79 Å². The highest BCUT2D eigenvalue weighted by Crippen LogP contribution is 2.35. The number of aryl methyl sites for hydroxylation is 2. The first kappa shape index (κ1) is 12.2. The first-order valence-electron chi connectivity index (χ1n) is 7.96. The number of benzene rings is 1. The van der Waals surface area contributed by atoms with Crippen molar-refractivity contribution >= 4 is 16.7 Å². The Hall–Kier alpha value is -1.57. The van der Waals surface area contributed by atoms with Gasteiger partial charge in [0.2, 0.25) is 0 Å². The molecule has 1 N–H and O–H groups in total. The average molecular weight is 267 g/mol. The molecule has 2 aliphatic rings. The number of carbonyl (C=O) groups is 1. The minimum Gasteiger partial charge on any atom is -0.358 e. The summed E-state index contributed by atoms with van der Waals surface area (Å²) in [6, 6.07) is 6.92. The topological polar surface area (TPSA) is 32.9 Å². The number of hydrogen-bond acceptors (Lipinski definition) is 1. The fraction of sp³-hybridized carbons (Fsp3) is 0.500. The number of aromatic amines is 1. The summed E-state index contributed by atoms with van der Waals surface area (Å²) in [7, 11) is 0. The molecule has 2 aromatic rings. The van der Waals surface area contributed by atoms with Gasteiger partial charge in [-0.3, -0.25) is 4.79 Å². The van der Waals surface area contributed by atoms with Gasteiger partial charge in [0.1, 0.15) is 5.78 Å². The lowest BCUT2D eigenvalue weighted by Crippen LogP contribution is -2.12. The summed E-state index contributed by atoms with van der Waals surface area (Å²) in [5.41, 5.74) is 5.76. The van der Waals surface area contributed by atoms with Gasteiger partial charge < -0.3 is 4.98 Å². The smallest absolute Gasteiger partial charge is 0.132 e. The Balaban J connectivity index is 1.72. The first-order valence-corrected chi connectivity index (χ1v) is 7.96. The fourth-order valence-corrected chi connectivity index (χ4v) is 3.95. The first-order chi connectivity index (χ1) is 9.81. The van der Waals surface area contributed by atoms with Crippen LogP contribution in [0.4, 0.5) is 0 Å². The van der Waals surface area contributed by atoms with Crippen LogP contribution in [0.25, 0.3) is 10.9 Å². The maximum absolute atomic E-state index is 11.4. The summed E-state index contributed by atoms with van der Waals surface area (Å²) >= 11 is 0. The highest BCUT2D eigenvalue weighted by atomic mass is 16.1. The van der Waals surface area contributed by atoms with Gasteiger partial charge in [-0.05, 0) is 67.7 Å². The van der Waals surface area contributed by atoms with Crippen molar-refractivity contribution in [2.45, 2.75) is 57.3 Å².